The van der Waals surface area contributed by atoms with E-state index in [9.17, 15) is 9.59 Å². The highest BCUT2D eigenvalue weighted by molar-refractivity contribution is 7.80. The summed E-state index contributed by atoms with van der Waals surface area (Å²) < 4.78 is 5.57. The van der Waals surface area contributed by atoms with E-state index < -0.39 is 0 Å². The summed E-state index contributed by atoms with van der Waals surface area (Å²) in [5.41, 5.74) is 1.37. The summed E-state index contributed by atoms with van der Waals surface area (Å²) in [6.45, 7) is 2.60. The quantitative estimate of drug-likeness (QED) is 0.474. The number of hydrogen-bond donors (Lipinski definition) is 3. The summed E-state index contributed by atoms with van der Waals surface area (Å²) in [4.78, 5) is 25.2. The van der Waals surface area contributed by atoms with Crippen LogP contribution in [0.3, 0.4) is 0 Å². The molecule has 3 rings (SSSR count). The van der Waals surface area contributed by atoms with E-state index in [2.05, 4.69) is 16.0 Å². The highest BCUT2D eigenvalue weighted by Crippen LogP contribution is 2.23. The summed E-state index contributed by atoms with van der Waals surface area (Å²) in [6.07, 6.45) is 6.33. The van der Waals surface area contributed by atoms with Crippen LogP contribution < -0.4 is 20.7 Å². The molecule has 170 valence electrons. The normalized spacial score (nSPS) is 13.8. The lowest BCUT2D eigenvalue weighted by Crippen LogP contribution is -2.36. The fourth-order valence-corrected chi connectivity index (χ4v) is 3.99. The van der Waals surface area contributed by atoms with Crippen LogP contribution in [0.5, 0.6) is 5.75 Å². The molecule has 3 N–H and O–H groups in total. The molecule has 1 saturated carbocycles. The molecule has 2 aromatic rings. The number of amides is 2. The zero-order valence-corrected chi connectivity index (χ0v) is 19.7. The first kappa shape index (κ1) is 24.0. The molecule has 32 heavy (non-hydrogen) atoms. The molecule has 2 aromatic carbocycles. The van der Waals surface area contributed by atoms with Crippen molar-refractivity contribution in [1.82, 2.24) is 10.6 Å². The molecule has 0 unspecified atom stereocenters. The van der Waals surface area contributed by atoms with Crippen LogP contribution in [0.15, 0.2) is 42.5 Å². The van der Waals surface area contributed by atoms with E-state index in [1.165, 1.54) is 6.42 Å². The molecule has 0 heterocycles. The lowest BCUT2D eigenvalue weighted by atomic mass is 9.95. The van der Waals surface area contributed by atoms with Crippen LogP contribution in [-0.2, 0) is 0 Å². The number of ether oxygens (including phenoxy) is 1. The van der Waals surface area contributed by atoms with E-state index in [0.717, 1.165) is 32.1 Å². The minimum Gasteiger partial charge on any atom is -0.494 e. The number of hydrogen-bond acceptors (Lipinski definition) is 4. The molecule has 0 aliphatic heterocycles. The third-order valence-corrected chi connectivity index (χ3v) is 5.74. The first-order valence-corrected chi connectivity index (χ1v) is 11.7. The Bertz CT molecular complexity index is 977. The van der Waals surface area contributed by atoms with Crippen LogP contribution in [0, 0.1) is 0 Å². The van der Waals surface area contributed by atoms with Crippen LogP contribution in [0.1, 0.15) is 66.2 Å². The van der Waals surface area contributed by atoms with E-state index in [4.69, 9.17) is 28.6 Å². The van der Waals surface area contributed by atoms with Gasteiger partial charge in [-0.1, -0.05) is 43.9 Å². The largest absolute Gasteiger partial charge is 0.494 e. The van der Waals surface area contributed by atoms with Gasteiger partial charge in [-0.05, 0) is 67.9 Å². The Kier molecular flexibility index (Phi) is 8.88. The smallest absolute Gasteiger partial charge is 0.257 e. The molecule has 0 spiro atoms. The Morgan fingerprint density at radius 1 is 1.09 bits per heavy atom. The van der Waals surface area contributed by atoms with Crippen molar-refractivity contribution < 1.29 is 14.3 Å². The predicted octanol–water partition coefficient (Wildman–Crippen LogP) is 5.32. The SMILES string of the molecule is CCCOc1cccc(C(=O)NC(=S)Nc2ccc(Cl)c(C(=O)NC3CCCCC3)c2)c1. The zero-order valence-electron chi connectivity index (χ0n) is 18.1. The average Bonchev–Trinajstić information content (AvgIpc) is 2.79. The molecule has 8 heteroatoms. The monoisotopic (exact) mass is 473 g/mol. The van der Waals surface area contributed by atoms with E-state index in [0.29, 0.717) is 34.2 Å². The van der Waals surface area contributed by atoms with Gasteiger partial charge in [0.1, 0.15) is 5.75 Å². The molecular weight excluding hydrogens is 446 g/mol. The van der Waals surface area contributed by atoms with Gasteiger partial charge in [-0.25, -0.2) is 0 Å². The Balaban J connectivity index is 1.60. The summed E-state index contributed by atoms with van der Waals surface area (Å²) in [6, 6.07) is 12.1. The van der Waals surface area contributed by atoms with Crippen LogP contribution in [-0.4, -0.2) is 29.6 Å². The first-order valence-electron chi connectivity index (χ1n) is 10.9. The molecule has 1 aliphatic rings. The molecule has 1 fully saturated rings. The third kappa shape index (κ3) is 6.93. The summed E-state index contributed by atoms with van der Waals surface area (Å²) in [5, 5.41) is 9.15. The first-order chi connectivity index (χ1) is 15.5. The molecule has 0 radical (unpaired) electrons. The fraction of sp³-hybridized carbons (Fsp3) is 0.375. The van der Waals surface area contributed by atoms with Gasteiger partial charge in [-0.15, -0.1) is 0 Å². The van der Waals surface area contributed by atoms with Crippen molar-refractivity contribution in [2.24, 2.45) is 0 Å². The van der Waals surface area contributed by atoms with Gasteiger partial charge in [-0.3, -0.25) is 14.9 Å². The van der Waals surface area contributed by atoms with Crippen LogP contribution >= 0.6 is 23.8 Å². The van der Waals surface area contributed by atoms with Crippen LogP contribution in [0.2, 0.25) is 5.02 Å². The average molecular weight is 474 g/mol. The van der Waals surface area contributed by atoms with Gasteiger partial charge >= 0.3 is 0 Å². The van der Waals surface area contributed by atoms with Crippen molar-refractivity contribution in [3.8, 4) is 5.75 Å². The molecule has 6 nitrogen and oxygen atoms in total. The summed E-state index contributed by atoms with van der Waals surface area (Å²) in [7, 11) is 0. The molecule has 0 atom stereocenters. The maximum absolute atomic E-state index is 12.7. The molecule has 0 saturated heterocycles. The van der Waals surface area contributed by atoms with Gasteiger partial charge in [0.05, 0.1) is 17.2 Å². The topological polar surface area (TPSA) is 79.5 Å². The fourth-order valence-electron chi connectivity index (χ4n) is 3.57. The Morgan fingerprint density at radius 2 is 1.88 bits per heavy atom. The number of carbonyl (C=O) groups excluding carboxylic acids is 2. The molecule has 2 amide bonds. The lowest BCUT2D eigenvalue weighted by Gasteiger charge is -2.23. The molecule has 0 aromatic heterocycles. The van der Waals surface area contributed by atoms with Gasteiger partial charge in [-0.2, -0.15) is 0 Å². The van der Waals surface area contributed by atoms with E-state index in [1.807, 2.05) is 6.92 Å². The summed E-state index contributed by atoms with van der Waals surface area (Å²) >= 11 is 11.5. The summed E-state index contributed by atoms with van der Waals surface area (Å²) in [5.74, 6) is 0.0720. The van der Waals surface area contributed by atoms with Crippen molar-refractivity contribution in [1.29, 1.82) is 0 Å². The second-order valence-corrected chi connectivity index (χ2v) is 8.60. The number of benzene rings is 2. The van der Waals surface area contributed by atoms with Crippen molar-refractivity contribution in [2.45, 2.75) is 51.5 Å². The lowest BCUT2D eigenvalue weighted by molar-refractivity contribution is 0.0926. The number of thiocarbonyl (C=S) groups is 1. The molecule has 0 bridgehead atoms. The van der Waals surface area contributed by atoms with E-state index >= 15 is 0 Å². The van der Waals surface area contributed by atoms with Gasteiger partial charge < -0.3 is 15.4 Å². The number of rotatable bonds is 7. The number of anilines is 1. The van der Waals surface area contributed by atoms with Gasteiger partial charge in [0, 0.05) is 17.3 Å². The van der Waals surface area contributed by atoms with Gasteiger partial charge in [0.25, 0.3) is 11.8 Å². The van der Waals surface area contributed by atoms with Gasteiger partial charge in [0.15, 0.2) is 5.11 Å². The van der Waals surface area contributed by atoms with Crippen molar-refractivity contribution >= 4 is 46.4 Å². The van der Waals surface area contributed by atoms with Gasteiger partial charge in [0.2, 0.25) is 0 Å². The highest BCUT2D eigenvalue weighted by atomic mass is 35.5. The Morgan fingerprint density at radius 3 is 2.62 bits per heavy atom. The third-order valence-electron chi connectivity index (χ3n) is 5.21. The molecule has 1 aliphatic carbocycles. The number of halogens is 1. The van der Waals surface area contributed by atoms with Crippen molar-refractivity contribution in [3.63, 3.8) is 0 Å². The minimum atomic E-state index is -0.353. The molecular formula is C24H28ClN3O3S. The van der Waals surface area contributed by atoms with E-state index in [-0.39, 0.29) is 23.0 Å². The highest BCUT2D eigenvalue weighted by Gasteiger charge is 2.19. The minimum absolute atomic E-state index is 0.121. The number of carbonyl (C=O) groups is 2. The maximum atomic E-state index is 12.7. The number of nitrogens with one attached hydrogen (secondary N) is 3. The van der Waals surface area contributed by atoms with Crippen LogP contribution in [0.25, 0.3) is 0 Å². The second-order valence-electron chi connectivity index (χ2n) is 7.79. The van der Waals surface area contributed by atoms with Crippen molar-refractivity contribution in [3.05, 3.63) is 58.6 Å². The van der Waals surface area contributed by atoms with E-state index in [1.54, 1.807) is 42.5 Å². The zero-order chi connectivity index (χ0) is 22.9. The Labute approximate surface area is 199 Å². The Hall–Kier alpha value is -2.64. The predicted molar refractivity (Wildman–Crippen MR) is 132 cm³/mol. The maximum Gasteiger partial charge on any atom is 0.257 e. The standard InChI is InChI=1S/C24H28ClN3O3S/c1-2-13-31-19-10-6-7-16(14-19)22(29)28-24(32)27-18-11-12-21(25)20(15-18)23(30)26-17-8-4-3-5-9-17/h6-7,10-12,14-15,17H,2-5,8-9,13H2,1H3,(H,26,30)(H2,27,28,29,32). The second kappa shape index (κ2) is 11.8. The van der Waals surface area contributed by atoms with Crippen molar-refractivity contribution in [2.75, 3.05) is 11.9 Å². The van der Waals surface area contributed by atoms with Crippen LogP contribution in [0.4, 0.5) is 5.69 Å².